The fraction of sp³-hybridized carbons (Fsp3) is 1.00. The maximum atomic E-state index is 2.52. The van der Waals surface area contributed by atoms with Gasteiger partial charge in [-0.05, 0) is 37.6 Å². The van der Waals surface area contributed by atoms with Gasteiger partial charge in [-0.15, -0.1) is 0 Å². The van der Waals surface area contributed by atoms with E-state index in [0.29, 0.717) is 10.8 Å². The molecule has 1 rings (SSSR count). The van der Waals surface area contributed by atoms with Gasteiger partial charge in [-0.25, -0.2) is 0 Å². The summed E-state index contributed by atoms with van der Waals surface area (Å²) in [6, 6.07) is 0. The third-order valence-corrected chi connectivity index (χ3v) is 5.87. The Hall–Kier alpha value is -0.0400. The van der Waals surface area contributed by atoms with Gasteiger partial charge in [0.15, 0.2) is 0 Å². The normalized spacial score (nSPS) is 35.6. The molecule has 1 nitrogen and oxygen atoms in total. The molecule has 1 saturated heterocycles. The van der Waals surface area contributed by atoms with Crippen molar-refractivity contribution < 1.29 is 0 Å². The molecule has 1 fully saturated rings. The lowest BCUT2D eigenvalue weighted by Crippen LogP contribution is -2.65. The van der Waals surface area contributed by atoms with Gasteiger partial charge < -0.3 is 4.90 Å². The highest BCUT2D eigenvalue weighted by Crippen LogP contribution is 2.56. The van der Waals surface area contributed by atoms with Gasteiger partial charge in [-0.2, -0.15) is 0 Å². The van der Waals surface area contributed by atoms with E-state index >= 15 is 0 Å². The van der Waals surface area contributed by atoms with Crippen molar-refractivity contribution in [2.45, 2.75) is 54.0 Å². The standard InChI is InChI=1S/C13H27N/c1-10-9-14(8)13(6,7)12(4,5)11(10,2)3/h10H,9H2,1-8H3. The minimum absolute atomic E-state index is 0.281. The van der Waals surface area contributed by atoms with Crippen LogP contribution in [0.15, 0.2) is 0 Å². The van der Waals surface area contributed by atoms with Crippen molar-refractivity contribution in [2.75, 3.05) is 13.6 Å². The molecular formula is C13H27N. The molecule has 1 heterocycles. The SMILES string of the molecule is CC1CN(C)C(C)(C)C(C)(C)C1(C)C. The van der Waals surface area contributed by atoms with Crippen LogP contribution in [0, 0.1) is 16.7 Å². The van der Waals surface area contributed by atoms with Crippen LogP contribution in [0.25, 0.3) is 0 Å². The lowest BCUT2D eigenvalue weighted by atomic mass is 9.51. The molecule has 0 N–H and O–H groups in total. The molecule has 0 amide bonds. The van der Waals surface area contributed by atoms with Gasteiger partial charge in [0.2, 0.25) is 0 Å². The first-order valence-electron chi connectivity index (χ1n) is 5.76. The minimum Gasteiger partial charge on any atom is -0.300 e. The molecule has 0 saturated carbocycles. The van der Waals surface area contributed by atoms with Gasteiger partial charge >= 0.3 is 0 Å². The zero-order chi connectivity index (χ0) is 11.4. The van der Waals surface area contributed by atoms with Crippen LogP contribution in [-0.2, 0) is 0 Å². The third kappa shape index (κ3) is 1.25. The van der Waals surface area contributed by atoms with Crippen LogP contribution in [0.5, 0.6) is 0 Å². The van der Waals surface area contributed by atoms with E-state index < -0.39 is 0 Å². The van der Waals surface area contributed by atoms with Gasteiger partial charge in [0.1, 0.15) is 0 Å². The first-order chi connectivity index (χ1) is 6.05. The summed E-state index contributed by atoms with van der Waals surface area (Å²) in [6.45, 7) is 18.0. The van der Waals surface area contributed by atoms with Crippen LogP contribution in [0.3, 0.4) is 0 Å². The van der Waals surface area contributed by atoms with Crippen molar-refractivity contribution in [2.24, 2.45) is 16.7 Å². The van der Waals surface area contributed by atoms with Crippen molar-refractivity contribution >= 4 is 0 Å². The maximum Gasteiger partial charge on any atom is 0.0206 e. The smallest absolute Gasteiger partial charge is 0.0206 e. The average Bonchev–Trinajstić information content (AvgIpc) is 2.01. The summed E-state index contributed by atoms with van der Waals surface area (Å²) in [6.07, 6.45) is 0. The Morgan fingerprint density at radius 1 is 1.00 bits per heavy atom. The minimum atomic E-state index is 0.281. The molecule has 84 valence electrons. The summed E-state index contributed by atoms with van der Waals surface area (Å²) in [4.78, 5) is 2.52. The molecule has 1 aliphatic heterocycles. The van der Waals surface area contributed by atoms with Gasteiger partial charge in [0.05, 0.1) is 0 Å². The Morgan fingerprint density at radius 3 is 1.86 bits per heavy atom. The largest absolute Gasteiger partial charge is 0.300 e. The lowest BCUT2D eigenvalue weighted by Gasteiger charge is -2.63. The molecule has 0 spiro atoms. The van der Waals surface area contributed by atoms with E-state index in [2.05, 4.69) is 60.4 Å². The summed E-state index contributed by atoms with van der Waals surface area (Å²) < 4.78 is 0. The molecule has 1 unspecified atom stereocenters. The molecule has 1 aliphatic rings. The molecule has 0 aromatic rings. The lowest BCUT2D eigenvalue weighted by molar-refractivity contribution is -0.133. The monoisotopic (exact) mass is 197 g/mol. The number of piperidine rings is 1. The summed E-state index contributed by atoms with van der Waals surface area (Å²) in [5, 5.41) is 0. The number of likely N-dealkylation sites (tertiary alicyclic amines) is 1. The van der Waals surface area contributed by atoms with Crippen molar-refractivity contribution in [1.82, 2.24) is 4.90 Å². The summed E-state index contributed by atoms with van der Waals surface area (Å²) in [5.74, 6) is 0.760. The average molecular weight is 197 g/mol. The predicted molar refractivity (Wildman–Crippen MR) is 63.4 cm³/mol. The quantitative estimate of drug-likeness (QED) is 0.575. The number of nitrogens with zero attached hydrogens (tertiary/aromatic N) is 1. The first-order valence-corrected chi connectivity index (χ1v) is 5.76. The first kappa shape index (κ1) is 12.0. The fourth-order valence-corrected chi connectivity index (χ4v) is 2.75. The van der Waals surface area contributed by atoms with E-state index in [4.69, 9.17) is 0 Å². The molecule has 0 radical (unpaired) electrons. The van der Waals surface area contributed by atoms with E-state index in [9.17, 15) is 0 Å². The van der Waals surface area contributed by atoms with Crippen LogP contribution in [0.1, 0.15) is 48.5 Å². The van der Waals surface area contributed by atoms with E-state index in [0.717, 1.165) is 5.92 Å². The Labute approximate surface area is 89.9 Å². The maximum absolute atomic E-state index is 2.52. The Balaban J connectivity index is 3.17. The fourth-order valence-electron chi connectivity index (χ4n) is 2.75. The summed E-state index contributed by atoms with van der Waals surface area (Å²) >= 11 is 0. The second-order valence-corrected chi connectivity index (χ2v) is 6.69. The molecule has 0 bridgehead atoms. The van der Waals surface area contributed by atoms with E-state index in [1.165, 1.54) is 6.54 Å². The van der Waals surface area contributed by atoms with Gasteiger partial charge in [0.25, 0.3) is 0 Å². The Morgan fingerprint density at radius 2 is 1.43 bits per heavy atom. The molecule has 1 heteroatoms. The van der Waals surface area contributed by atoms with Crippen molar-refractivity contribution in [1.29, 1.82) is 0 Å². The predicted octanol–water partition coefficient (Wildman–Crippen LogP) is 3.40. The zero-order valence-corrected chi connectivity index (χ0v) is 11.2. The molecular weight excluding hydrogens is 170 g/mol. The highest BCUT2D eigenvalue weighted by molar-refractivity contribution is 5.07. The van der Waals surface area contributed by atoms with Crippen LogP contribution in [-0.4, -0.2) is 24.0 Å². The summed E-state index contributed by atoms with van der Waals surface area (Å²) in [5.41, 5.74) is 1.03. The van der Waals surface area contributed by atoms with E-state index in [1.807, 2.05) is 0 Å². The topological polar surface area (TPSA) is 3.24 Å². The number of hydrogen-bond donors (Lipinski definition) is 0. The molecule has 14 heavy (non-hydrogen) atoms. The van der Waals surface area contributed by atoms with Crippen LogP contribution in [0.2, 0.25) is 0 Å². The van der Waals surface area contributed by atoms with Crippen LogP contribution >= 0.6 is 0 Å². The van der Waals surface area contributed by atoms with Crippen molar-refractivity contribution in [3.63, 3.8) is 0 Å². The number of hydrogen-bond acceptors (Lipinski definition) is 1. The molecule has 0 aromatic carbocycles. The van der Waals surface area contributed by atoms with Crippen molar-refractivity contribution in [3.05, 3.63) is 0 Å². The second kappa shape index (κ2) is 2.98. The summed E-state index contributed by atoms with van der Waals surface area (Å²) in [7, 11) is 2.26. The molecule has 0 aliphatic carbocycles. The second-order valence-electron chi connectivity index (χ2n) is 6.69. The third-order valence-electron chi connectivity index (χ3n) is 5.87. The van der Waals surface area contributed by atoms with Gasteiger partial charge in [0, 0.05) is 12.1 Å². The van der Waals surface area contributed by atoms with Crippen LogP contribution < -0.4 is 0 Å². The van der Waals surface area contributed by atoms with Crippen molar-refractivity contribution in [3.8, 4) is 0 Å². The Kier molecular flexibility index (Phi) is 2.56. The molecule has 0 aromatic heterocycles. The van der Waals surface area contributed by atoms with Gasteiger partial charge in [-0.1, -0.05) is 34.6 Å². The van der Waals surface area contributed by atoms with Crippen LogP contribution in [0.4, 0.5) is 0 Å². The zero-order valence-electron chi connectivity index (χ0n) is 11.2. The molecule has 1 atom stereocenters. The van der Waals surface area contributed by atoms with E-state index in [1.54, 1.807) is 0 Å². The Bertz CT molecular complexity index is 203. The number of rotatable bonds is 0. The van der Waals surface area contributed by atoms with E-state index in [-0.39, 0.29) is 5.54 Å². The highest BCUT2D eigenvalue weighted by Gasteiger charge is 2.55. The van der Waals surface area contributed by atoms with Gasteiger partial charge in [-0.3, -0.25) is 0 Å². The highest BCUT2D eigenvalue weighted by atomic mass is 15.2.